The third-order valence-corrected chi connectivity index (χ3v) is 5.28. The molecule has 1 saturated heterocycles. The standard InChI is InChI=1S/C20H21N5O2/c1-20(15-6-3-2-4-7-15)10-5-11-24(13-20)19(27)17-9-8-16(12-18(17)26)25-14-21-22-23-25/h2-4,6-9,12,14,26H,5,10-11,13H2,1H3. The molecule has 3 aromatic rings. The summed E-state index contributed by atoms with van der Waals surface area (Å²) in [5.74, 6) is -0.224. The number of rotatable bonds is 3. The van der Waals surface area contributed by atoms with E-state index >= 15 is 0 Å². The Hall–Kier alpha value is -3.22. The fourth-order valence-corrected chi connectivity index (χ4v) is 3.78. The monoisotopic (exact) mass is 363 g/mol. The zero-order chi connectivity index (χ0) is 18.9. The SMILES string of the molecule is CC1(c2ccccc2)CCCN(C(=O)c2ccc(-n3cnnn3)cc2O)C1. The van der Waals surface area contributed by atoms with E-state index in [0.717, 1.165) is 12.8 Å². The van der Waals surface area contributed by atoms with E-state index in [0.29, 0.717) is 24.3 Å². The lowest BCUT2D eigenvalue weighted by Crippen LogP contribution is -2.47. The second-order valence-corrected chi connectivity index (χ2v) is 7.21. The average Bonchev–Trinajstić information content (AvgIpc) is 3.23. The minimum atomic E-state index is -0.155. The maximum absolute atomic E-state index is 13.1. The number of aromatic hydroxyl groups is 1. The highest BCUT2D eigenvalue weighted by atomic mass is 16.3. The van der Waals surface area contributed by atoms with Crippen LogP contribution in [0.2, 0.25) is 0 Å². The summed E-state index contributed by atoms with van der Waals surface area (Å²) in [6.45, 7) is 3.52. The molecular formula is C20H21N5O2. The molecule has 1 amide bonds. The molecule has 0 radical (unpaired) electrons. The molecule has 4 rings (SSSR count). The number of benzene rings is 2. The Bertz CT molecular complexity index is 942. The van der Waals surface area contributed by atoms with E-state index in [9.17, 15) is 9.90 Å². The molecule has 0 spiro atoms. The van der Waals surface area contributed by atoms with Crippen LogP contribution in [0.4, 0.5) is 0 Å². The Morgan fingerprint density at radius 1 is 1.19 bits per heavy atom. The zero-order valence-electron chi connectivity index (χ0n) is 15.1. The number of aromatic nitrogens is 4. The molecule has 27 heavy (non-hydrogen) atoms. The van der Waals surface area contributed by atoms with Crippen molar-refractivity contribution < 1.29 is 9.90 Å². The Morgan fingerprint density at radius 3 is 2.70 bits per heavy atom. The lowest BCUT2D eigenvalue weighted by Gasteiger charge is -2.41. The van der Waals surface area contributed by atoms with Gasteiger partial charge in [-0.05, 0) is 41.0 Å². The number of phenols is 1. The lowest BCUT2D eigenvalue weighted by molar-refractivity contribution is 0.0648. The third kappa shape index (κ3) is 3.28. The van der Waals surface area contributed by atoms with Gasteiger partial charge in [-0.25, -0.2) is 4.68 Å². The molecule has 2 heterocycles. The molecular weight excluding hydrogens is 342 g/mol. The van der Waals surface area contributed by atoms with E-state index < -0.39 is 0 Å². The molecule has 1 atom stereocenters. The van der Waals surface area contributed by atoms with Crippen LogP contribution in [0.5, 0.6) is 5.75 Å². The molecule has 1 unspecified atom stereocenters. The van der Waals surface area contributed by atoms with Gasteiger partial charge in [-0.1, -0.05) is 37.3 Å². The molecule has 0 saturated carbocycles. The fourth-order valence-electron chi connectivity index (χ4n) is 3.78. The van der Waals surface area contributed by atoms with Gasteiger partial charge in [-0.15, -0.1) is 5.10 Å². The summed E-state index contributed by atoms with van der Waals surface area (Å²) in [5.41, 5.74) is 2.05. The number of piperidine rings is 1. The Morgan fingerprint density at radius 2 is 2.00 bits per heavy atom. The van der Waals surface area contributed by atoms with Crippen molar-refractivity contribution in [3.63, 3.8) is 0 Å². The minimum absolute atomic E-state index is 0.0695. The summed E-state index contributed by atoms with van der Waals surface area (Å²) in [6.07, 6.45) is 3.40. The van der Waals surface area contributed by atoms with Gasteiger partial charge in [-0.3, -0.25) is 4.79 Å². The number of phenolic OH excluding ortho intramolecular Hbond substituents is 1. The maximum Gasteiger partial charge on any atom is 0.257 e. The van der Waals surface area contributed by atoms with Crippen LogP contribution in [0.25, 0.3) is 5.69 Å². The van der Waals surface area contributed by atoms with Crippen molar-refractivity contribution in [1.82, 2.24) is 25.1 Å². The highest BCUT2D eigenvalue weighted by Crippen LogP contribution is 2.34. The molecule has 2 aromatic carbocycles. The van der Waals surface area contributed by atoms with Gasteiger partial charge < -0.3 is 10.0 Å². The molecule has 0 aliphatic carbocycles. The minimum Gasteiger partial charge on any atom is -0.507 e. The number of carbonyl (C=O) groups excluding carboxylic acids is 1. The summed E-state index contributed by atoms with van der Waals surface area (Å²) in [5, 5.41) is 21.4. The first-order valence-corrected chi connectivity index (χ1v) is 8.98. The third-order valence-electron chi connectivity index (χ3n) is 5.28. The van der Waals surface area contributed by atoms with E-state index in [1.165, 1.54) is 22.6 Å². The maximum atomic E-state index is 13.1. The molecule has 7 nitrogen and oxygen atoms in total. The van der Waals surface area contributed by atoms with Crippen molar-refractivity contribution in [3.8, 4) is 11.4 Å². The number of carbonyl (C=O) groups is 1. The summed E-state index contributed by atoms with van der Waals surface area (Å²) < 4.78 is 1.43. The quantitative estimate of drug-likeness (QED) is 0.773. The first-order valence-electron chi connectivity index (χ1n) is 8.98. The van der Waals surface area contributed by atoms with Gasteiger partial charge in [0.15, 0.2) is 0 Å². The van der Waals surface area contributed by atoms with Gasteiger partial charge in [0.1, 0.15) is 12.1 Å². The first-order chi connectivity index (χ1) is 13.1. The molecule has 1 aromatic heterocycles. The summed E-state index contributed by atoms with van der Waals surface area (Å²) >= 11 is 0. The summed E-state index contributed by atoms with van der Waals surface area (Å²) in [4.78, 5) is 14.9. The predicted molar refractivity (Wildman–Crippen MR) is 99.8 cm³/mol. The van der Waals surface area contributed by atoms with Crippen molar-refractivity contribution in [2.24, 2.45) is 0 Å². The number of hydrogen-bond donors (Lipinski definition) is 1. The van der Waals surface area contributed by atoms with E-state index in [1.54, 1.807) is 12.1 Å². The van der Waals surface area contributed by atoms with Crippen molar-refractivity contribution >= 4 is 5.91 Å². The van der Waals surface area contributed by atoms with Crippen LogP contribution in [0.3, 0.4) is 0 Å². The number of likely N-dealkylation sites (tertiary alicyclic amines) is 1. The van der Waals surface area contributed by atoms with Crippen LogP contribution in [-0.2, 0) is 5.41 Å². The fraction of sp³-hybridized carbons (Fsp3) is 0.300. The molecule has 0 bridgehead atoms. The van der Waals surface area contributed by atoms with Gasteiger partial charge in [-0.2, -0.15) is 0 Å². The topological polar surface area (TPSA) is 84.1 Å². The average molecular weight is 363 g/mol. The van der Waals surface area contributed by atoms with E-state index in [-0.39, 0.29) is 17.1 Å². The van der Waals surface area contributed by atoms with Gasteiger partial charge in [0.25, 0.3) is 5.91 Å². The predicted octanol–water partition coefficient (Wildman–Crippen LogP) is 2.56. The molecule has 138 valence electrons. The largest absolute Gasteiger partial charge is 0.507 e. The molecule has 1 aliphatic rings. The van der Waals surface area contributed by atoms with Gasteiger partial charge in [0.2, 0.25) is 0 Å². The second-order valence-electron chi connectivity index (χ2n) is 7.21. The Balaban J connectivity index is 1.57. The number of amides is 1. The molecule has 1 N–H and O–H groups in total. The number of nitrogens with zero attached hydrogens (tertiary/aromatic N) is 5. The molecule has 1 aliphatic heterocycles. The summed E-state index contributed by atoms with van der Waals surface area (Å²) in [6, 6.07) is 15.2. The van der Waals surface area contributed by atoms with Crippen LogP contribution in [0.1, 0.15) is 35.7 Å². The van der Waals surface area contributed by atoms with Gasteiger partial charge >= 0.3 is 0 Å². The molecule has 7 heteroatoms. The van der Waals surface area contributed by atoms with Crippen LogP contribution in [-0.4, -0.2) is 49.2 Å². The van der Waals surface area contributed by atoms with E-state index in [4.69, 9.17) is 0 Å². The van der Waals surface area contributed by atoms with Crippen LogP contribution in [0.15, 0.2) is 54.9 Å². The Kier molecular flexibility index (Phi) is 4.35. The Labute approximate surface area is 157 Å². The smallest absolute Gasteiger partial charge is 0.257 e. The summed E-state index contributed by atoms with van der Waals surface area (Å²) in [7, 11) is 0. The van der Waals surface area contributed by atoms with Crippen LogP contribution >= 0.6 is 0 Å². The number of tetrazole rings is 1. The number of hydrogen-bond acceptors (Lipinski definition) is 5. The van der Waals surface area contributed by atoms with Crippen LogP contribution in [0, 0.1) is 0 Å². The van der Waals surface area contributed by atoms with E-state index in [2.05, 4.69) is 34.6 Å². The van der Waals surface area contributed by atoms with Crippen molar-refractivity contribution in [2.75, 3.05) is 13.1 Å². The zero-order valence-corrected chi connectivity index (χ0v) is 15.1. The van der Waals surface area contributed by atoms with Crippen molar-refractivity contribution in [1.29, 1.82) is 0 Å². The van der Waals surface area contributed by atoms with Crippen molar-refractivity contribution in [3.05, 3.63) is 66.0 Å². The van der Waals surface area contributed by atoms with E-state index in [1.807, 2.05) is 23.1 Å². The van der Waals surface area contributed by atoms with Crippen LogP contribution < -0.4 is 0 Å². The van der Waals surface area contributed by atoms with Crippen molar-refractivity contribution in [2.45, 2.75) is 25.2 Å². The normalized spacial score (nSPS) is 19.8. The van der Waals surface area contributed by atoms with Gasteiger partial charge in [0, 0.05) is 24.6 Å². The highest BCUT2D eigenvalue weighted by molar-refractivity contribution is 5.97. The van der Waals surface area contributed by atoms with Gasteiger partial charge in [0.05, 0.1) is 11.3 Å². The second kappa shape index (κ2) is 6.83. The molecule has 1 fully saturated rings. The highest BCUT2D eigenvalue weighted by Gasteiger charge is 2.35. The lowest BCUT2D eigenvalue weighted by atomic mass is 9.76. The first kappa shape index (κ1) is 17.2.